The Balaban J connectivity index is 3.96. The quantitative estimate of drug-likeness (QED) is 0.685. The number of rotatable bonds is 8. The molecule has 0 aromatic carbocycles. The van der Waals surface area contributed by atoms with E-state index >= 15 is 0 Å². The molecule has 7 heteroatoms. The average Bonchev–Trinajstić information content (AvgIpc) is 2.18. The molecule has 4 nitrogen and oxygen atoms in total. The Bertz CT molecular complexity index is 228. The molecule has 90 valence electrons. The van der Waals surface area contributed by atoms with Gasteiger partial charge in [0, 0.05) is 19.2 Å². The van der Waals surface area contributed by atoms with Crippen molar-refractivity contribution in [3.05, 3.63) is 0 Å². The van der Waals surface area contributed by atoms with Gasteiger partial charge in [0.2, 0.25) is 11.6 Å². The van der Waals surface area contributed by atoms with Crippen molar-refractivity contribution in [1.82, 2.24) is 5.32 Å². The van der Waals surface area contributed by atoms with E-state index in [1.54, 1.807) is 7.05 Å². The highest BCUT2D eigenvalue weighted by molar-refractivity contribution is 8.67. The summed E-state index contributed by atoms with van der Waals surface area (Å²) in [5.74, 6) is 0.647. The monoisotopic (exact) mass is 271 g/mol. The summed E-state index contributed by atoms with van der Waals surface area (Å²) in [5.41, 5.74) is -2.22. The summed E-state index contributed by atoms with van der Waals surface area (Å²) in [5, 5.41) is 2.56. The van der Waals surface area contributed by atoms with Crippen molar-refractivity contribution in [2.75, 3.05) is 26.0 Å². The summed E-state index contributed by atoms with van der Waals surface area (Å²) in [6.07, 6.45) is 0.444. The molecule has 15 heavy (non-hydrogen) atoms. The van der Waals surface area contributed by atoms with Crippen LogP contribution in [0.15, 0.2) is 0 Å². The third-order valence-corrected chi connectivity index (χ3v) is 6.99. The fourth-order valence-corrected chi connectivity index (χ4v) is 5.49. The lowest BCUT2D eigenvalue weighted by molar-refractivity contribution is -0.120. The lowest BCUT2D eigenvalue weighted by Gasteiger charge is -2.19. The number of hydrogen-bond acceptors (Lipinski definition) is 5. The van der Waals surface area contributed by atoms with Crippen LogP contribution in [-0.4, -0.2) is 31.9 Å². The average molecular weight is 271 g/mol. The zero-order valence-electron chi connectivity index (χ0n) is 9.32. The van der Waals surface area contributed by atoms with Gasteiger partial charge in [0.15, 0.2) is 0 Å². The second-order valence-electron chi connectivity index (χ2n) is 2.54. The molecule has 0 aromatic rings. The summed E-state index contributed by atoms with van der Waals surface area (Å²) in [6, 6.07) is 0. The standard InChI is InChI=1S/C8H18NO3PS2/c1-4-11-13(14,12-5-2)15-7-6-8(10)9-3/h4-7H2,1-3H3,(H,9,10). The smallest absolute Gasteiger partial charge is 0.247 e. The van der Waals surface area contributed by atoms with Crippen LogP contribution in [0, 0.1) is 0 Å². The molecule has 0 saturated carbocycles. The van der Waals surface area contributed by atoms with Gasteiger partial charge in [0.1, 0.15) is 0 Å². The first-order chi connectivity index (χ1) is 7.08. The van der Waals surface area contributed by atoms with Gasteiger partial charge in [-0.1, -0.05) is 11.4 Å². The predicted octanol–water partition coefficient (Wildman–Crippen LogP) is 2.15. The molecule has 0 saturated heterocycles. The molecule has 0 aliphatic rings. The number of carbonyl (C=O) groups excluding carboxylic acids is 1. The van der Waals surface area contributed by atoms with Crippen molar-refractivity contribution in [1.29, 1.82) is 0 Å². The van der Waals surface area contributed by atoms with Gasteiger partial charge in [-0.15, -0.1) is 0 Å². The molecule has 0 heterocycles. The van der Waals surface area contributed by atoms with Gasteiger partial charge in [-0.25, -0.2) is 0 Å². The molecular weight excluding hydrogens is 253 g/mol. The van der Waals surface area contributed by atoms with E-state index in [9.17, 15) is 4.79 Å². The maximum Gasteiger partial charge on any atom is 0.247 e. The Hall–Kier alpha value is 0.390. The van der Waals surface area contributed by atoms with Crippen molar-refractivity contribution in [2.45, 2.75) is 20.3 Å². The molecular formula is C8H18NO3PS2. The van der Waals surface area contributed by atoms with Crippen LogP contribution in [-0.2, 0) is 25.6 Å². The van der Waals surface area contributed by atoms with Crippen LogP contribution in [0.4, 0.5) is 0 Å². The lowest BCUT2D eigenvalue weighted by atomic mass is 10.5. The molecule has 0 fully saturated rings. The maximum atomic E-state index is 11.0. The molecule has 1 amide bonds. The topological polar surface area (TPSA) is 47.6 Å². The summed E-state index contributed by atoms with van der Waals surface area (Å²) in [4.78, 5) is 11.0. The highest BCUT2D eigenvalue weighted by atomic mass is 32.9. The second-order valence-corrected chi connectivity index (χ2v) is 8.97. The van der Waals surface area contributed by atoms with E-state index < -0.39 is 5.69 Å². The molecule has 1 N–H and O–H groups in total. The summed E-state index contributed by atoms with van der Waals surface area (Å²) >= 11 is 6.72. The van der Waals surface area contributed by atoms with Gasteiger partial charge in [0.25, 0.3) is 0 Å². The summed E-state index contributed by atoms with van der Waals surface area (Å²) in [6.45, 7) is 4.87. The highest BCUT2D eigenvalue weighted by Gasteiger charge is 2.18. The second kappa shape index (κ2) is 8.53. The van der Waals surface area contributed by atoms with Gasteiger partial charge in [0.05, 0.1) is 13.2 Å². The van der Waals surface area contributed by atoms with Crippen LogP contribution in [0.2, 0.25) is 0 Å². The Morgan fingerprint density at radius 2 is 1.93 bits per heavy atom. The van der Waals surface area contributed by atoms with Crippen LogP contribution in [0.1, 0.15) is 20.3 Å². The molecule has 0 rings (SSSR count). The van der Waals surface area contributed by atoms with Crippen LogP contribution in [0.25, 0.3) is 0 Å². The third kappa shape index (κ3) is 7.30. The van der Waals surface area contributed by atoms with E-state index in [1.807, 2.05) is 13.8 Å². The van der Waals surface area contributed by atoms with E-state index in [-0.39, 0.29) is 5.91 Å². The van der Waals surface area contributed by atoms with Gasteiger partial charge < -0.3 is 14.4 Å². The molecule has 0 radical (unpaired) electrons. The van der Waals surface area contributed by atoms with Crippen molar-refractivity contribution in [2.24, 2.45) is 0 Å². The van der Waals surface area contributed by atoms with Crippen molar-refractivity contribution in [3.63, 3.8) is 0 Å². The van der Waals surface area contributed by atoms with Crippen molar-refractivity contribution < 1.29 is 13.8 Å². The zero-order valence-corrected chi connectivity index (χ0v) is 11.8. The van der Waals surface area contributed by atoms with Crippen LogP contribution < -0.4 is 5.32 Å². The lowest BCUT2D eigenvalue weighted by Crippen LogP contribution is -2.17. The minimum absolute atomic E-state index is 0.0112. The van der Waals surface area contributed by atoms with E-state index in [0.29, 0.717) is 25.4 Å². The van der Waals surface area contributed by atoms with Gasteiger partial charge >= 0.3 is 0 Å². The summed E-state index contributed by atoms with van der Waals surface area (Å²) < 4.78 is 10.8. The van der Waals surface area contributed by atoms with Crippen molar-refractivity contribution >= 4 is 34.8 Å². The Morgan fingerprint density at radius 1 is 1.40 bits per heavy atom. The highest BCUT2D eigenvalue weighted by Crippen LogP contribution is 2.60. The fraction of sp³-hybridized carbons (Fsp3) is 0.875. The number of nitrogens with one attached hydrogen (secondary N) is 1. The number of hydrogen-bond donors (Lipinski definition) is 1. The normalized spacial score (nSPS) is 11.4. The van der Waals surface area contributed by atoms with Crippen LogP contribution in [0.5, 0.6) is 0 Å². The van der Waals surface area contributed by atoms with E-state index in [1.165, 1.54) is 11.4 Å². The molecule has 0 atom stereocenters. The minimum Gasteiger partial charge on any atom is -0.359 e. The third-order valence-electron chi connectivity index (χ3n) is 1.43. The first kappa shape index (κ1) is 15.4. The van der Waals surface area contributed by atoms with E-state index in [0.717, 1.165) is 0 Å². The van der Waals surface area contributed by atoms with Crippen LogP contribution >= 0.6 is 17.1 Å². The summed E-state index contributed by atoms with van der Waals surface area (Å²) in [7, 11) is 1.62. The minimum atomic E-state index is -2.22. The van der Waals surface area contributed by atoms with Gasteiger partial charge in [-0.3, -0.25) is 4.79 Å². The molecule has 0 spiro atoms. The van der Waals surface area contributed by atoms with Crippen molar-refractivity contribution in [3.8, 4) is 0 Å². The molecule has 0 bridgehead atoms. The Morgan fingerprint density at radius 3 is 2.33 bits per heavy atom. The SMILES string of the molecule is CCOP(=S)(OCC)SCCC(=O)NC. The van der Waals surface area contributed by atoms with E-state index in [2.05, 4.69) is 5.32 Å². The largest absolute Gasteiger partial charge is 0.359 e. The Kier molecular flexibility index (Phi) is 8.75. The molecule has 0 unspecified atom stereocenters. The zero-order chi connectivity index (χ0) is 11.7. The maximum absolute atomic E-state index is 11.0. The molecule has 0 aliphatic carbocycles. The predicted molar refractivity (Wildman–Crippen MR) is 68.7 cm³/mol. The first-order valence-electron chi connectivity index (χ1n) is 4.82. The van der Waals surface area contributed by atoms with E-state index in [4.69, 9.17) is 20.9 Å². The molecule has 0 aromatic heterocycles. The Labute approximate surface area is 100 Å². The number of carbonyl (C=O) groups is 1. The van der Waals surface area contributed by atoms with Crippen LogP contribution in [0.3, 0.4) is 0 Å². The molecule has 0 aliphatic heterocycles. The van der Waals surface area contributed by atoms with Gasteiger partial charge in [-0.2, -0.15) is 0 Å². The number of amides is 1. The fourth-order valence-electron chi connectivity index (χ4n) is 0.803. The first-order valence-corrected chi connectivity index (χ1v) is 9.05. The van der Waals surface area contributed by atoms with Gasteiger partial charge in [-0.05, 0) is 25.7 Å².